The van der Waals surface area contributed by atoms with Gasteiger partial charge < -0.3 is 15.3 Å². The summed E-state index contributed by atoms with van der Waals surface area (Å²) in [4.78, 5) is 12.0. The van der Waals surface area contributed by atoms with Crippen LogP contribution in [0.4, 0.5) is 0 Å². The highest BCUT2D eigenvalue weighted by Gasteiger charge is 2.33. The van der Waals surface area contributed by atoms with Crippen molar-refractivity contribution < 1.29 is 20.1 Å². The number of phenols is 1. The molecule has 0 aliphatic carbocycles. The van der Waals surface area contributed by atoms with Crippen molar-refractivity contribution >= 4 is 5.78 Å². The average Bonchev–Trinajstić information content (AvgIpc) is 2.24. The molecule has 0 unspecified atom stereocenters. The molecule has 104 valence electrons. The number of benzene rings is 1. The molecule has 19 heavy (non-hydrogen) atoms. The highest BCUT2D eigenvalue weighted by molar-refractivity contribution is 5.97. The summed E-state index contributed by atoms with van der Waals surface area (Å²) >= 11 is 0. The summed E-state index contributed by atoms with van der Waals surface area (Å²) in [6.07, 6.45) is 2.42. The molecule has 4 nitrogen and oxygen atoms in total. The van der Waals surface area contributed by atoms with Crippen LogP contribution in [0.25, 0.3) is 0 Å². The van der Waals surface area contributed by atoms with Crippen LogP contribution < -0.4 is 0 Å². The molecule has 1 rings (SSSR count). The van der Waals surface area contributed by atoms with Gasteiger partial charge in [-0.1, -0.05) is 18.2 Å². The maximum Gasteiger partial charge on any atom is 0.191 e. The summed E-state index contributed by atoms with van der Waals surface area (Å²) in [5.41, 5.74) is -2.00. The SMILES string of the molecule is Cc1ccc([C@](C)(O)C(=O)C=CC(C)(C)O)c(O)c1. The minimum absolute atomic E-state index is 0.130. The normalized spacial score (nSPS) is 15.5. The zero-order valence-electron chi connectivity index (χ0n) is 11.6. The summed E-state index contributed by atoms with van der Waals surface area (Å²) in [5.74, 6) is -0.733. The first kappa shape index (κ1) is 15.4. The Bertz CT molecular complexity index is 507. The third-order valence-corrected chi connectivity index (χ3v) is 2.80. The number of aliphatic hydroxyl groups is 2. The van der Waals surface area contributed by atoms with E-state index in [-0.39, 0.29) is 11.3 Å². The molecule has 0 radical (unpaired) electrons. The van der Waals surface area contributed by atoms with Crippen molar-refractivity contribution in [3.8, 4) is 5.75 Å². The molecule has 0 heterocycles. The van der Waals surface area contributed by atoms with Gasteiger partial charge in [0.2, 0.25) is 0 Å². The predicted molar refractivity (Wildman–Crippen MR) is 72.9 cm³/mol. The molecule has 1 aromatic carbocycles. The predicted octanol–water partition coefficient (Wildman–Crippen LogP) is 1.80. The largest absolute Gasteiger partial charge is 0.508 e. The smallest absolute Gasteiger partial charge is 0.191 e. The molecule has 0 bridgehead atoms. The van der Waals surface area contributed by atoms with Crippen LogP contribution in [0.15, 0.2) is 30.4 Å². The van der Waals surface area contributed by atoms with E-state index in [1.807, 2.05) is 0 Å². The van der Waals surface area contributed by atoms with E-state index in [2.05, 4.69) is 0 Å². The van der Waals surface area contributed by atoms with Gasteiger partial charge in [-0.3, -0.25) is 4.79 Å². The molecular weight excluding hydrogens is 244 g/mol. The second-order valence-electron chi connectivity index (χ2n) is 5.44. The molecule has 0 saturated carbocycles. The van der Waals surface area contributed by atoms with Crippen LogP contribution in [0.3, 0.4) is 0 Å². The van der Waals surface area contributed by atoms with Crippen LogP contribution >= 0.6 is 0 Å². The lowest BCUT2D eigenvalue weighted by molar-refractivity contribution is -0.131. The Morgan fingerprint density at radius 1 is 1.21 bits per heavy atom. The van der Waals surface area contributed by atoms with Crippen LogP contribution in [0.1, 0.15) is 31.9 Å². The second-order valence-corrected chi connectivity index (χ2v) is 5.44. The van der Waals surface area contributed by atoms with Crippen molar-refractivity contribution in [3.63, 3.8) is 0 Å². The average molecular weight is 264 g/mol. The summed E-state index contributed by atoms with van der Waals surface area (Å²) in [7, 11) is 0. The van der Waals surface area contributed by atoms with Crippen molar-refractivity contribution in [2.75, 3.05) is 0 Å². The van der Waals surface area contributed by atoms with Crippen molar-refractivity contribution in [3.05, 3.63) is 41.5 Å². The first-order valence-corrected chi connectivity index (χ1v) is 6.02. The molecule has 0 amide bonds. The molecule has 1 aromatic rings. The number of aromatic hydroxyl groups is 1. The van der Waals surface area contributed by atoms with E-state index in [1.165, 1.54) is 39.0 Å². The number of hydrogen-bond donors (Lipinski definition) is 3. The Labute approximate surface area is 113 Å². The molecule has 0 aliphatic rings. The van der Waals surface area contributed by atoms with Crippen LogP contribution in [0.5, 0.6) is 5.75 Å². The first-order valence-electron chi connectivity index (χ1n) is 6.02. The van der Waals surface area contributed by atoms with Gasteiger partial charge in [-0.05, 0) is 45.4 Å². The molecule has 3 N–H and O–H groups in total. The number of phenolic OH excluding ortho intramolecular Hbond substituents is 1. The van der Waals surface area contributed by atoms with Gasteiger partial charge in [0, 0.05) is 5.56 Å². The fraction of sp³-hybridized carbons (Fsp3) is 0.400. The summed E-state index contributed by atoms with van der Waals surface area (Å²) < 4.78 is 0. The Balaban J connectivity index is 3.10. The maximum absolute atomic E-state index is 12.0. The van der Waals surface area contributed by atoms with Gasteiger partial charge in [0.15, 0.2) is 11.4 Å². The van der Waals surface area contributed by atoms with Crippen LogP contribution in [-0.4, -0.2) is 26.7 Å². The molecule has 0 aliphatic heterocycles. The Hall–Kier alpha value is -1.65. The number of carbonyl (C=O) groups excluding carboxylic acids is 1. The van der Waals surface area contributed by atoms with Crippen molar-refractivity contribution in [1.29, 1.82) is 0 Å². The lowest BCUT2D eigenvalue weighted by Gasteiger charge is -2.22. The van der Waals surface area contributed by atoms with Gasteiger partial charge in [0.1, 0.15) is 5.75 Å². The standard InChI is InChI=1S/C15H20O4/c1-10-5-6-11(12(16)9-10)15(4,19)13(17)7-8-14(2,3)18/h5-9,16,18-19H,1-4H3/t15-/m0/s1. The third kappa shape index (κ3) is 3.91. The lowest BCUT2D eigenvalue weighted by Crippen LogP contribution is -2.31. The zero-order chi connectivity index (χ0) is 14.8. The molecule has 0 aromatic heterocycles. The van der Waals surface area contributed by atoms with E-state index in [1.54, 1.807) is 13.0 Å². The van der Waals surface area contributed by atoms with Crippen LogP contribution in [0, 0.1) is 6.92 Å². The van der Waals surface area contributed by atoms with Gasteiger partial charge in [0.25, 0.3) is 0 Å². The minimum atomic E-state index is -1.83. The fourth-order valence-corrected chi connectivity index (χ4v) is 1.63. The van der Waals surface area contributed by atoms with Crippen molar-refractivity contribution in [1.82, 2.24) is 0 Å². The Morgan fingerprint density at radius 2 is 1.79 bits per heavy atom. The molecular formula is C15H20O4. The lowest BCUT2D eigenvalue weighted by atomic mass is 9.89. The highest BCUT2D eigenvalue weighted by atomic mass is 16.3. The zero-order valence-corrected chi connectivity index (χ0v) is 11.6. The van der Waals surface area contributed by atoms with Gasteiger partial charge in [0.05, 0.1) is 5.60 Å². The van der Waals surface area contributed by atoms with Gasteiger partial charge in [-0.25, -0.2) is 0 Å². The molecule has 0 saturated heterocycles. The Kier molecular flexibility index (Phi) is 4.18. The van der Waals surface area contributed by atoms with E-state index < -0.39 is 17.0 Å². The van der Waals surface area contributed by atoms with Crippen molar-refractivity contribution in [2.24, 2.45) is 0 Å². The van der Waals surface area contributed by atoms with Gasteiger partial charge in [-0.2, -0.15) is 0 Å². The highest BCUT2D eigenvalue weighted by Crippen LogP contribution is 2.31. The maximum atomic E-state index is 12.0. The van der Waals surface area contributed by atoms with E-state index in [0.29, 0.717) is 0 Å². The molecule has 0 spiro atoms. The number of rotatable bonds is 4. The van der Waals surface area contributed by atoms with E-state index in [4.69, 9.17) is 0 Å². The summed E-state index contributed by atoms with van der Waals surface area (Å²) in [6.45, 7) is 6.16. The molecule has 0 fully saturated rings. The summed E-state index contributed by atoms with van der Waals surface area (Å²) in [5, 5.41) is 29.6. The van der Waals surface area contributed by atoms with Crippen LogP contribution in [-0.2, 0) is 10.4 Å². The van der Waals surface area contributed by atoms with Gasteiger partial charge >= 0.3 is 0 Å². The Morgan fingerprint density at radius 3 is 2.26 bits per heavy atom. The minimum Gasteiger partial charge on any atom is -0.508 e. The number of hydrogen-bond acceptors (Lipinski definition) is 4. The quantitative estimate of drug-likeness (QED) is 0.725. The van der Waals surface area contributed by atoms with E-state index in [0.717, 1.165) is 11.6 Å². The molecule has 4 heteroatoms. The van der Waals surface area contributed by atoms with Crippen LogP contribution in [0.2, 0.25) is 0 Å². The topological polar surface area (TPSA) is 77.8 Å². The monoisotopic (exact) mass is 264 g/mol. The third-order valence-electron chi connectivity index (χ3n) is 2.80. The van der Waals surface area contributed by atoms with E-state index >= 15 is 0 Å². The first-order chi connectivity index (χ1) is 8.54. The second kappa shape index (κ2) is 5.15. The number of aryl methyl sites for hydroxylation is 1. The van der Waals surface area contributed by atoms with E-state index in [9.17, 15) is 20.1 Å². The van der Waals surface area contributed by atoms with Gasteiger partial charge in [-0.15, -0.1) is 0 Å². The number of ketones is 1. The fourth-order valence-electron chi connectivity index (χ4n) is 1.63. The van der Waals surface area contributed by atoms with Crippen molar-refractivity contribution in [2.45, 2.75) is 38.9 Å². The molecule has 1 atom stereocenters. The summed E-state index contributed by atoms with van der Waals surface area (Å²) in [6, 6.07) is 4.70. The number of carbonyl (C=O) groups is 1.